The summed E-state index contributed by atoms with van der Waals surface area (Å²) in [4.78, 5) is 16.8. The van der Waals surface area contributed by atoms with Crippen molar-refractivity contribution in [1.82, 2.24) is 20.2 Å². The number of hydrogen-bond acceptors (Lipinski definition) is 8. The summed E-state index contributed by atoms with van der Waals surface area (Å²) in [5.74, 6) is 1.09. The van der Waals surface area contributed by atoms with Crippen LogP contribution >= 0.6 is 0 Å². The van der Waals surface area contributed by atoms with Gasteiger partial charge in [0.25, 0.3) is 0 Å². The largest absolute Gasteiger partial charge is 0.370 e. The van der Waals surface area contributed by atoms with Gasteiger partial charge >= 0.3 is 0 Å². The fourth-order valence-corrected chi connectivity index (χ4v) is 5.86. The minimum atomic E-state index is 0.110. The van der Waals surface area contributed by atoms with Crippen LogP contribution in [0.5, 0.6) is 0 Å². The molecule has 0 amide bonds. The number of fused-ring (bicyclic) bond motifs is 2. The molecule has 6 rings (SSSR count). The molecule has 1 aromatic carbocycles. The van der Waals surface area contributed by atoms with Gasteiger partial charge in [0, 0.05) is 75.2 Å². The molecule has 2 fully saturated rings. The third kappa shape index (κ3) is 4.62. The summed E-state index contributed by atoms with van der Waals surface area (Å²) >= 11 is 0. The first kappa shape index (κ1) is 23.2. The third-order valence-corrected chi connectivity index (χ3v) is 7.50. The van der Waals surface area contributed by atoms with E-state index in [2.05, 4.69) is 62.3 Å². The van der Waals surface area contributed by atoms with E-state index in [0.717, 1.165) is 87.7 Å². The molecule has 3 aliphatic rings. The van der Waals surface area contributed by atoms with Gasteiger partial charge in [0.05, 0.1) is 30.0 Å². The fourth-order valence-electron chi connectivity index (χ4n) is 5.86. The normalized spacial score (nSPS) is 22.9. The standard InChI is InChI=1S/C28H33N7O/c1-20-16-35(26-7-5-21(14-29)28-24(26)4-2-10-31-28)18-23(36-20)17-33-12-3-13-34(19-33)27-8-6-22-15-30-11-9-25(22)32-27/h2,4-8,10,20,23,30H,3,9,11-13,15-19H2,1H3/t20-,23+/m1/s1. The molecule has 0 saturated carbocycles. The average molecular weight is 484 g/mol. The zero-order valence-corrected chi connectivity index (χ0v) is 20.9. The number of nitrogens with zero attached hydrogens (tertiary/aromatic N) is 6. The van der Waals surface area contributed by atoms with Crippen molar-refractivity contribution in [1.29, 1.82) is 5.26 Å². The molecule has 0 unspecified atom stereocenters. The molecule has 186 valence electrons. The second kappa shape index (κ2) is 10.0. The van der Waals surface area contributed by atoms with Gasteiger partial charge in [-0.3, -0.25) is 9.88 Å². The first-order valence-corrected chi connectivity index (χ1v) is 13.0. The van der Waals surface area contributed by atoms with Crippen LogP contribution in [0, 0.1) is 11.3 Å². The topological polar surface area (TPSA) is 80.6 Å². The van der Waals surface area contributed by atoms with E-state index in [1.54, 1.807) is 6.20 Å². The van der Waals surface area contributed by atoms with Crippen molar-refractivity contribution < 1.29 is 4.74 Å². The Bertz CT molecular complexity index is 1290. The Morgan fingerprint density at radius 3 is 3.00 bits per heavy atom. The van der Waals surface area contributed by atoms with Gasteiger partial charge < -0.3 is 19.9 Å². The van der Waals surface area contributed by atoms with Crippen molar-refractivity contribution in [2.45, 2.75) is 38.5 Å². The van der Waals surface area contributed by atoms with E-state index in [1.807, 2.05) is 12.1 Å². The van der Waals surface area contributed by atoms with Crippen LogP contribution in [0.3, 0.4) is 0 Å². The molecule has 2 saturated heterocycles. The lowest BCUT2D eigenvalue weighted by Crippen LogP contribution is -2.54. The van der Waals surface area contributed by atoms with Crippen LogP contribution < -0.4 is 15.1 Å². The number of benzene rings is 1. The molecule has 3 aliphatic heterocycles. The maximum absolute atomic E-state index is 9.52. The SMILES string of the molecule is C[C@@H]1CN(c2ccc(C#N)c3ncccc23)C[C@H](CN2CCCN(c3ccc4c(n3)CCNC4)C2)O1. The lowest BCUT2D eigenvalue weighted by atomic mass is 10.1. The number of hydrogen-bond donors (Lipinski definition) is 1. The first-order valence-electron chi connectivity index (χ1n) is 13.0. The Kier molecular flexibility index (Phi) is 6.45. The van der Waals surface area contributed by atoms with Crippen molar-refractivity contribution in [3.05, 3.63) is 59.4 Å². The Labute approximate surface area is 212 Å². The highest BCUT2D eigenvalue weighted by molar-refractivity contribution is 5.95. The molecule has 2 aromatic heterocycles. The predicted molar refractivity (Wildman–Crippen MR) is 141 cm³/mol. The molecular formula is C28H33N7O. The molecule has 0 radical (unpaired) electrons. The number of aromatic nitrogens is 2. The second-order valence-corrected chi connectivity index (χ2v) is 10.2. The van der Waals surface area contributed by atoms with Crippen LogP contribution in [0.1, 0.15) is 30.2 Å². The van der Waals surface area contributed by atoms with Crippen LogP contribution in [-0.2, 0) is 17.7 Å². The molecule has 2 atom stereocenters. The van der Waals surface area contributed by atoms with Gasteiger partial charge in [0.15, 0.2) is 0 Å². The van der Waals surface area contributed by atoms with Crippen LogP contribution in [-0.4, -0.2) is 73.0 Å². The fraction of sp³-hybridized carbons (Fsp3) is 0.464. The summed E-state index contributed by atoms with van der Waals surface area (Å²) in [5.41, 5.74) is 5.09. The zero-order chi connectivity index (χ0) is 24.5. The van der Waals surface area contributed by atoms with E-state index in [4.69, 9.17) is 9.72 Å². The molecule has 8 nitrogen and oxygen atoms in total. The maximum Gasteiger partial charge on any atom is 0.129 e. The number of pyridine rings is 2. The van der Waals surface area contributed by atoms with E-state index >= 15 is 0 Å². The van der Waals surface area contributed by atoms with Crippen molar-refractivity contribution in [3.63, 3.8) is 0 Å². The number of morpholine rings is 1. The predicted octanol–water partition coefficient (Wildman–Crippen LogP) is 2.91. The minimum absolute atomic E-state index is 0.110. The number of nitriles is 1. The highest BCUT2D eigenvalue weighted by Gasteiger charge is 2.30. The number of ether oxygens (including phenoxy) is 1. The van der Waals surface area contributed by atoms with Gasteiger partial charge in [-0.25, -0.2) is 4.98 Å². The molecule has 0 aliphatic carbocycles. The monoisotopic (exact) mass is 483 g/mol. The van der Waals surface area contributed by atoms with Crippen molar-refractivity contribution in [2.24, 2.45) is 0 Å². The summed E-state index contributed by atoms with van der Waals surface area (Å²) in [7, 11) is 0. The number of rotatable bonds is 4. The highest BCUT2D eigenvalue weighted by Crippen LogP contribution is 2.30. The van der Waals surface area contributed by atoms with E-state index in [1.165, 1.54) is 11.3 Å². The smallest absolute Gasteiger partial charge is 0.129 e. The molecule has 0 spiro atoms. The Morgan fingerprint density at radius 1 is 1.14 bits per heavy atom. The molecule has 3 aromatic rings. The molecule has 0 bridgehead atoms. The van der Waals surface area contributed by atoms with Gasteiger partial charge in [0.1, 0.15) is 11.9 Å². The van der Waals surface area contributed by atoms with Crippen LogP contribution in [0.15, 0.2) is 42.6 Å². The highest BCUT2D eigenvalue weighted by atomic mass is 16.5. The van der Waals surface area contributed by atoms with E-state index in [-0.39, 0.29) is 12.2 Å². The summed E-state index contributed by atoms with van der Waals surface area (Å²) < 4.78 is 6.42. The lowest BCUT2D eigenvalue weighted by Gasteiger charge is -2.42. The van der Waals surface area contributed by atoms with Crippen molar-refractivity contribution in [2.75, 3.05) is 55.7 Å². The van der Waals surface area contributed by atoms with E-state index in [9.17, 15) is 5.26 Å². The Hall–Kier alpha value is -3.25. The maximum atomic E-state index is 9.52. The molecule has 1 N–H and O–H groups in total. The number of nitrogens with one attached hydrogen (secondary N) is 1. The number of anilines is 2. The summed E-state index contributed by atoms with van der Waals surface area (Å²) in [6.45, 7) is 9.61. The zero-order valence-electron chi connectivity index (χ0n) is 20.9. The van der Waals surface area contributed by atoms with Crippen LogP contribution in [0.4, 0.5) is 11.5 Å². The van der Waals surface area contributed by atoms with E-state index in [0.29, 0.717) is 5.56 Å². The van der Waals surface area contributed by atoms with Gasteiger partial charge in [0.2, 0.25) is 0 Å². The summed E-state index contributed by atoms with van der Waals surface area (Å²) in [5, 5.41) is 14.0. The van der Waals surface area contributed by atoms with Gasteiger partial charge in [-0.1, -0.05) is 6.07 Å². The summed E-state index contributed by atoms with van der Waals surface area (Å²) in [6.07, 6.45) is 4.12. The molecule has 8 heteroatoms. The van der Waals surface area contributed by atoms with Gasteiger partial charge in [-0.2, -0.15) is 5.26 Å². The van der Waals surface area contributed by atoms with Crippen LogP contribution in [0.25, 0.3) is 10.9 Å². The quantitative estimate of drug-likeness (QED) is 0.607. The van der Waals surface area contributed by atoms with Gasteiger partial charge in [-0.15, -0.1) is 0 Å². The molecule has 36 heavy (non-hydrogen) atoms. The summed E-state index contributed by atoms with van der Waals surface area (Å²) in [6, 6.07) is 14.7. The Morgan fingerprint density at radius 2 is 2.08 bits per heavy atom. The lowest BCUT2D eigenvalue weighted by molar-refractivity contribution is -0.0336. The van der Waals surface area contributed by atoms with Gasteiger partial charge in [-0.05, 0) is 49.2 Å². The molecule has 5 heterocycles. The van der Waals surface area contributed by atoms with Crippen LogP contribution in [0.2, 0.25) is 0 Å². The van der Waals surface area contributed by atoms with Crippen molar-refractivity contribution >= 4 is 22.4 Å². The average Bonchev–Trinajstić information content (AvgIpc) is 2.92. The molecular weight excluding hydrogens is 450 g/mol. The van der Waals surface area contributed by atoms with E-state index < -0.39 is 0 Å². The minimum Gasteiger partial charge on any atom is -0.370 e. The second-order valence-electron chi connectivity index (χ2n) is 10.2. The van der Waals surface area contributed by atoms with Crippen molar-refractivity contribution in [3.8, 4) is 6.07 Å². The third-order valence-electron chi connectivity index (χ3n) is 7.50. The Balaban J connectivity index is 1.17. The first-order chi connectivity index (χ1) is 17.7.